The average Bonchev–Trinajstić information content (AvgIpc) is 2.62. The van der Waals surface area contributed by atoms with Gasteiger partial charge in [-0.1, -0.05) is 23.8 Å². The third-order valence-electron chi connectivity index (χ3n) is 3.60. The quantitative estimate of drug-likeness (QED) is 0.582. The summed E-state index contributed by atoms with van der Waals surface area (Å²) >= 11 is 0. The molecular weight excluding hydrogens is 332 g/mol. The number of methoxy groups -OCH3 is 1. The minimum Gasteiger partial charge on any atom is -0.493 e. The number of nitrogens with zero attached hydrogens (tertiary/aromatic N) is 1. The topological polar surface area (TPSA) is 69.2 Å². The number of carbonyl (C=O) groups is 1. The van der Waals surface area contributed by atoms with Crippen molar-refractivity contribution in [2.45, 2.75) is 20.8 Å². The molecule has 0 aliphatic rings. The molecule has 0 atom stereocenters. The molecule has 1 N–H and O–H groups in total. The van der Waals surface area contributed by atoms with Gasteiger partial charge in [0.15, 0.2) is 18.1 Å². The maximum atomic E-state index is 11.9. The normalized spacial score (nSPS) is 10.6. The summed E-state index contributed by atoms with van der Waals surface area (Å²) in [5, 5.41) is 3.97. The van der Waals surface area contributed by atoms with Crippen molar-refractivity contribution in [3.63, 3.8) is 0 Å². The molecule has 1 amide bonds. The molecule has 6 heteroatoms. The fourth-order valence-electron chi connectivity index (χ4n) is 2.40. The van der Waals surface area contributed by atoms with E-state index in [1.54, 1.807) is 13.2 Å². The number of aryl methyl sites for hydroxylation is 2. The molecule has 6 nitrogen and oxygen atoms in total. The summed E-state index contributed by atoms with van der Waals surface area (Å²) in [5.74, 6) is 1.53. The molecule has 0 aliphatic heterocycles. The van der Waals surface area contributed by atoms with E-state index in [1.165, 1.54) is 6.21 Å². The molecule has 138 valence electrons. The van der Waals surface area contributed by atoms with Crippen LogP contribution >= 0.6 is 0 Å². The van der Waals surface area contributed by atoms with E-state index in [2.05, 4.69) is 10.5 Å². The highest BCUT2D eigenvalue weighted by molar-refractivity contribution is 5.86. The second-order valence-corrected chi connectivity index (χ2v) is 5.66. The molecule has 2 aromatic rings. The van der Waals surface area contributed by atoms with Crippen LogP contribution in [0.5, 0.6) is 17.2 Å². The maximum Gasteiger partial charge on any atom is 0.277 e. The van der Waals surface area contributed by atoms with Crippen LogP contribution in [-0.4, -0.2) is 32.4 Å². The number of ether oxygens (including phenoxy) is 3. The van der Waals surface area contributed by atoms with E-state index in [-0.39, 0.29) is 12.5 Å². The molecule has 0 saturated heterocycles. The second-order valence-electron chi connectivity index (χ2n) is 5.66. The zero-order valence-electron chi connectivity index (χ0n) is 15.5. The molecule has 0 saturated carbocycles. The Kier molecular flexibility index (Phi) is 7.02. The lowest BCUT2D eigenvalue weighted by atomic mass is 10.1. The maximum absolute atomic E-state index is 11.9. The Morgan fingerprint density at radius 2 is 1.96 bits per heavy atom. The van der Waals surface area contributed by atoms with Crippen LogP contribution in [0.3, 0.4) is 0 Å². The van der Waals surface area contributed by atoms with Crippen LogP contribution in [0.4, 0.5) is 0 Å². The van der Waals surface area contributed by atoms with Crippen molar-refractivity contribution in [3.8, 4) is 17.2 Å². The van der Waals surface area contributed by atoms with Gasteiger partial charge in [0.25, 0.3) is 5.91 Å². The summed E-state index contributed by atoms with van der Waals surface area (Å²) in [5.41, 5.74) is 5.29. The second kappa shape index (κ2) is 9.46. The summed E-state index contributed by atoms with van der Waals surface area (Å²) < 4.78 is 16.4. The molecule has 0 bridgehead atoms. The van der Waals surface area contributed by atoms with Gasteiger partial charge in [-0.2, -0.15) is 5.10 Å². The van der Waals surface area contributed by atoms with Gasteiger partial charge < -0.3 is 14.2 Å². The van der Waals surface area contributed by atoms with Crippen molar-refractivity contribution >= 4 is 12.1 Å². The van der Waals surface area contributed by atoms with Crippen molar-refractivity contribution in [3.05, 3.63) is 53.1 Å². The first-order valence-corrected chi connectivity index (χ1v) is 8.37. The molecule has 0 aromatic heterocycles. The third kappa shape index (κ3) is 5.24. The molecule has 0 spiro atoms. The monoisotopic (exact) mass is 356 g/mol. The first kappa shape index (κ1) is 19.3. The predicted octanol–water partition coefficient (Wildman–Crippen LogP) is 3.24. The van der Waals surface area contributed by atoms with E-state index in [0.717, 1.165) is 11.1 Å². The molecule has 0 unspecified atom stereocenters. The number of hydrazone groups is 1. The Balaban J connectivity index is 1.94. The highest BCUT2D eigenvalue weighted by atomic mass is 16.5. The number of rotatable bonds is 8. The van der Waals surface area contributed by atoms with Gasteiger partial charge in [0.2, 0.25) is 0 Å². The summed E-state index contributed by atoms with van der Waals surface area (Å²) in [6.45, 7) is 6.22. The molecular formula is C20H24N2O4. The van der Waals surface area contributed by atoms with Crippen LogP contribution in [0.2, 0.25) is 0 Å². The number of benzene rings is 2. The highest BCUT2D eigenvalue weighted by Gasteiger charge is 2.09. The zero-order chi connectivity index (χ0) is 18.9. The standard InChI is InChI=1S/C20H24N2O4/c1-5-25-20-16(7-6-8-18(20)24-4)12-21-22-19(23)13-26-17-10-9-14(2)11-15(17)3/h6-12H,5,13H2,1-4H3,(H,22,23)/b21-12+. The lowest BCUT2D eigenvalue weighted by Gasteiger charge is -2.11. The number of nitrogens with one attached hydrogen (secondary N) is 1. The fourth-order valence-corrected chi connectivity index (χ4v) is 2.40. The summed E-state index contributed by atoms with van der Waals surface area (Å²) in [7, 11) is 1.57. The molecule has 2 rings (SSSR count). The zero-order valence-corrected chi connectivity index (χ0v) is 15.5. The molecule has 0 radical (unpaired) electrons. The van der Waals surface area contributed by atoms with Gasteiger partial charge in [-0.05, 0) is 44.5 Å². The first-order valence-electron chi connectivity index (χ1n) is 8.37. The molecule has 26 heavy (non-hydrogen) atoms. The smallest absolute Gasteiger partial charge is 0.277 e. The number of amides is 1. The first-order chi connectivity index (χ1) is 12.5. The van der Waals surface area contributed by atoms with Crippen LogP contribution in [0, 0.1) is 13.8 Å². The van der Waals surface area contributed by atoms with E-state index in [0.29, 0.717) is 29.4 Å². The number of carbonyl (C=O) groups excluding carboxylic acids is 1. The van der Waals surface area contributed by atoms with Gasteiger partial charge in [-0.25, -0.2) is 5.43 Å². The summed E-state index contributed by atoms with van der Waals surface area (Å²) in [4.78, 5) is 11.9. The number of para-hydroxylation sites is 1. The Labute approximate surface area is 153 Å². The van der Waals surface area contributed by atoms with Gasteiger partial charge in [-0.3, -0.25) is 4.79 Å². The Bertz CT molecular complexity index is 787. The largest absolute Gasteiger partial charge is 0.493 e. The minimum absolute atomic E-state index is 0.113. The summed E-state index contributed by atoms with van der Waals surface area (Å²) in [6, 6.07) is 11.3. The number of hydrogen-bond donors (Lipinski definition) is 1. The fraction of sp³-hybridized carbons (Fsp3) is 0.300. The van der Waals surface area contributed by atoms with Gasteiger partial charge in [0.05, 0.1) is 19.9 Å². The van der Waals surface area contributed by atoms with Crippen molar-refractivity contribution in [2.75, 3.05) is 20.3 Å². The van der Waals surface area contributed by atoms with Gasteiger partial charge in [0.1, 0.15) is 5.75 Å². The molecule has 0 aliphatic carbocycles. The van der Waals surface area contributed by atoms with Gasteiger partial charge >= 0.3 is 0 Å². The molecule has 2 aromatic carbocycles. The van der Waals surface area contributed by atoms with Gasteiger partial charge in [0, 0.05) is 5.56 Å². The van der Waals surface area contributed by atoms with E-state index in [4.69, 9.17) is 14.2 Å². The lowest BCUT2D eigenvalue weighted by molar-refractivity contribution is -0.123. The number of hydrogen-bond acceptors (Lipinski definition) is 5. The van der Waals surface area contributed by atoms with Gasteiger partial charge in [-0.15, -0.1) is 0 Å². The van der Waals surface area contributed by atoms with E-state index in [9.17, 15) is 4.79 Å². The predicted molar refractivity (Wildman–Crippen MR) is 101 cm³/mol. The van der Waals surface area contributed by atoms with Crippen LogP contribution in [0.25, 0.3) is 0 Å². The van der Waals surface area contributed by atoms with Crippen molar-refractivity contribution in [2.24, 2.45) is 5.10 Å². The van der Waals surface area contributed by atoms with Crippen LogP contribution in [0.1, 0.15) is 23.6 Å². The Hall–Kier alpha value is -3.02. The molecule has 0 fully saturated rings. The van der Waals surface area contributed by atoms with E-state index < -0.39 is 0 Å². The highest BCUT2D eigenvalue weighted by Crippen LogP contribution is 2.29. The van der Waals surface area contributed by atoms with E-state index >= 15 is 0 Å². The third-order valence-corrected chi connectivity index (χ3v) is 3.60. The van der Waals surface area contributed by atoms with E-state index in [1.807, 2.05) is 51.1 Å². The Morgan fingerprint density at radius 3 is 2.65 bits per heavy atom. The lowest BCUT2D eigenvalue weighted by Crippen LogP contribution is -2.24. The van der Waals surface area contributed by atoms with Crippen LogP contribution in [-0.2, 0) is 4.79 Å². The minimum atomic E-state index is -0.345. The summed E-state index contributed by atoms with van der Waals surface area (Å²) in [6.07, 6.45) is 1.52. The van der Waals surface area contributed by atoms with Crippen LogP contribution < -0.4 is 19.6 Å². The van der Waals surface area contributed by atoms with Crippen molar-refractivity contribution in [1.29, 1.82) is 0 Å². The SMILES string of the molecule is CCOc1c(/C=N/NC(=O)COc2ccc(C)cc2C)cccc1OC. The van der Waals surface area contributed by atoms with Crippen LogP contribution in [0.15, 0.2) is 41.5 Å². The Morgan fingerprint density at radius 1 is 1.15 bits per heavy atom. The van der Waals surface area contributed by atoms with Crippen molar-refractivity contribution in [1.82, 2.24) is 5.43 Å². The molecule has 0 heterocycles. The average molecular weight is 356 g/mol. The van der Waals surface area contributed by atoms with Crippen molar-refractivity contribution < 1.29 is 19.0 Å².